The van der Waals surface area contributed by atoms with Crippen LogP contribution in [-0.4, -0.2) is 26.8 Å². The third kappa shape index (κ3) is 3.13. The number of halogens is 1. The molecule has 0 aliphatic heterocycles. The molecule has 21 heavy (non-hydrogen) atoms. The van der Waals surface area contributed by atoms with E-state index >= 15 is 0 Å². The molecule has 6 heteroatoms. The highest BCUT2D eigenvalue weighted by molar-refractivity contribution is 6.32. The van der Waals surface area contributed by atoms with E-state index in [2.05, 4.69) is 9.97 Å². The number of anilines is 1. The van der Waals surface area contributed by atoms with E-state index < -0.39 is 0 Å². The van der Waals surface area contributed by atoms with Gasteiger partial charge in [-0.2, -0.15) is 0 Å². The fraction of sp³-hybridized carbons (Fsp3) is 0.267. The molecule has 0 saturated heterocycles. The number of hydrogen-bond donors (Lipinski definition) is 1. The molecule has 2 N–H and O–H groups in total. The first kappa shape index (κ1) is 13.8. The Labute approximate surface area is 127 Å². The van der Waals surface area contributed by atoms with Gasteiger partial charge in [0.05, 0.1) is 17.4 Å². The van der Waals surface area contributed by atoms with Crippen LogP contribution in [0.1, 0.15) is 28.8 Å². The number of carbonyl (C=O) groups excluding carboxylic acids is 1. The normalized spacial score (nSPS) is 14.0. The predicted octanol–water partition coefficient (Wildman–Crippen LogP) is 2.52. The van der Waals surface area contributed by atoms with E-state index in [-0.39, 0.29) is 17.1 Å². The molecule has 108 valence electrons. The topological polar surface area (TPSA) is 72.1 Å². The minimum atomic E-state index is -0.133. The first-order chi connectivity index (χ1) is 10.1. The lowest BCUT2D eigenvalue weighted by Crippen LogP contribution is -2.33. The molecule has 0 aromatic carbocycles. The van der Waals surface area contributed by atoms with Crippen molar-refractivity contribution in [3.63, 3.8) is 0 Å². The highest BCUT2D eigenvalue weighted by Crippen LogP contribution is 2.31. The van der Waals surface area contributed by atoms with Gasteiger partial charge in [-0.1, -0.05) is 17.7 Å². The zero-order valence-corrected chi connectivity index (χ0v) is 12.1. The van der Waals surface area contributed by atoms with Crippen LogP contribution in [-0.2, 0) is 6.54 Å². The van der Waals surface area contributed by atoms with Crippen molar-refractivity contribution in [2.24, 2.45) is 0 Å². The monoisotopic (exact) mass is 302 g/mol. The number of nitrogens with two attached hydrogens (primary N) is 1. The number of rotatable bonds is 4. The summed E-state index contributed by atoms with van der Waals surface area (Å²) < 4.78 is 0. The Morgan fingerprint density at radius 3 is 2.90 bits per heavy atom. The summed E-state index contributed by atoms with van der Waals surface area (Å²) in [4.78, 5) is 22.6. The van der Waals surface area contributed by atoms with Crippen molar-refractivity contribution in [2.45, 2.75) is 25.4 Å². The van der Waals surface area contributed by atoms with E-state index in [1.165, 1.54) is 6.20 Å². The number of nitrogen functional groups attached to an aromatic ring is 1. The highest BCUT2D eigenvalue weighted by Gasteiger charge is 2.34. The van der Waals surface area contributed by atoms with Gasteiger partial charge in [0.2, 0.25) is 0 Å². The summed E-state index contributed by atoms with van der Waals surface area (Å²) in [5, 5.41) is 0.186. The molecule has 1 fully saturated rings. The fourth-order valence-electron chi connectivity index (χ4n) is 2.21. The molecule has 0 radical (unpaired) electrons. The number of amides is 1. The van der Waals surface area contributed by atoms with E-state index in [0.717, 1.165) is 18.4 Å². The number of aromatic nitrogens is 2. The Bertz CT molecular complexity index is 658. The van der Waals surface area contributed by atoms with Crippen LogP contribution >= 0.6 is 11.6 Å². The predicted molar refractivity (Wildman–Crippen MR) is 80.8 cm³/mol. The van der Waals surface area contributed by atoms with Crippen molar-refractivity contribution in [3.05, 3.63) is 53.1 Å². The molecule has 2 heterocycles. The third-order valence-corrected chi connectivity index (χ3v) is 3.72. The van der Waals surface area contributed by atoms with Crippen LogP contribution in [0.2, 0.25) is 5.15 Å². The Balaban J connectivity index is 1.87. The van der Waals surface area contributed by atoms with Gasteiger partial charge in [0.25, 0.3) is 5.91 Å². The van der Waals surface area contributed by atoms with E-state index in [4.69, 9.17) is 17.3 Å². The van der Waals surface area contributed by atoms with Crippen LogP contribution in [0.25, 0.3) is 0 Å². The number of pyridine rings is 2. The average molecular weight is 303 g/mol. The summed E-state index contributed by atoms with van der Waals surface area (Å²) in [5.74, 6) is -0.133. The number of carbonyl (C=O) groups is 1. The second-order valence-electron chi connectivity index (χ2n) is 5.13. The summed E-state index contributed by atoms with van der Waals surface area (Å²) in [6.45, 7) is 0.516. The third-order valence-electron chi connectivity index (χ3n) is 3.41. The van der Waals surface area contributed by atoms with Crippen LogP contribution in [0.4, 0.5) is 5.69 Å². The summed E-state index contributed by atoms with van der Waals surface area (Å²) in [7, 11) is 0. The molecule has 0 spiro atoms. The molecule has 1 aliphatic rings. The summed E-state index contributed by atoms with van der Waals surface area (Å²) in [6.07, 6.45) is 6.95. The Kier molecular flexibility index (Phi) is 3.75. The number of hydrogen-bond acceptors (Lipinski definition) is 4. The van der Waals surface area contributed by atoms with Gasteiger partial charge >= 0.3 is 0 Å². The van der Waals surface area contributed by atoms with Crippen LogP contribution in [0.5, 0.6) is 0 Å². The number of nitrogens with zero attached hydrogens (tertiary/aromatic N) is 3. The van der Waals surface area contributed by atoms with Crippen molar-refractivity contribution >= 4 is 23.2 Å². The zero-order valence-electron chi connectivity index (χ0n) is 11.4. The van der Waals surface area contributed by atoms with Crippen LogP contribution < -0.4 is 5.73 Å². The zero-order chi connectivity index (χ0) is 14.8. The lowest BCUT2D eigenvalue weighted by Gasteiger charge is -2.23. The lowest BCUT2D eigenvalue weighted by molar-refractivity contribution is 0.0729. The van der Waals surface area contributed by atoms with Crippen molar-refractivity contribution in [1.29, 1.82) is 0 Å². The van der Waals surface area contributed by atoms with Gasteiger partial charge in [0.15, 0.2) is 0 Å². The maximum absolute atomic E-state index is 12.7. The van der Waals surface area contributed by atoms with E-state index in [9.17, 15) is 4.79 Å². The second kappa shape index (κ2) is 5.69. The first-order valence-corrected chi connectivity index (χ1v) is 7.14. The minimum absolute atomic E-state index is 0.133. The Hall–Kier alpha value is -2.14. The van der Waals surface area contributed by atoms with Crippen molar-refractivity contribution < 1.29 is 4.79 Å². The Morgan fingerprint density at radius 1 is 1.43 bits per heavy atom. The van der Waals surface area contributed by atoms with Gasteiger partial charge in [-0.05, 0) is 30.5 Å². The minimum Gasteiger partial charge on any atom is -0.397 e. The van der Waals surface area contributed by atoms with Crippen LogP contribution in [0.3, 0.4) is 0 Å². The quantitative estimate of drug-likeness (QED) is 0.881. The molecule has 1 saturated carbocycles. The first-order valence-electron chi connectivity index (χ1n) is 6.76. The van der Waals surface area contributed by atoms with Crippen molar-refractivity contribution in [1.82, 2.24) is 14.9 Å². The maximum Gasteiger partial charge on any atom is 0.257 e. The molecular weight excluding hydrogens is 288 g/mol. The molecule has 0 bridgehead atoms. The second-order valence-corrected chi connectivity index (χ2v) is 5.49. The highest BCUT2D eigenvalue weighted by atomic mass is 35.5. The van der Waals surface area contributed by atoms with Crippen LogP contribution in [0, 0.1) is 0 Å². The molecule has 5 nitrogen and oxygen atoms in total. The summed E-state index contributed by atoms with van der Waals surface area (Å²) >= 11 is 6.04. The molecular formula is C15H15ClN4O. The van der Waals surface area contributed by atoms with Crippen LogP contribution in [0.15, 0.2) is 36.8 Å². The molecule has 1 amide bonds. The SMILES string of the molecule is Nc1cnc(Cl)c(C(=O)N(Cc2cccnc2)C2CC2)c1. The fourth-order valence-corrected chi connectivity index (χ4v) is 2.39. The molecule has 1 aliphatic carbocycles. The van der Waals surface area contributed by atoms with E-state index in [1.54, 1.807) is 18.5 Å². The van der Waals surface area contributed by atoms with Gasteiger partial charge in [-0.25, -0.2) is 4.98 Å². The van der Waals surface area contributed by atoms with E-state index in [1.807, 2.05) is 17.0 Å². The molecule has 3 rings (SSSR count). The molecule has 0 atom stereocenters. The van der Waals surface area contributed by atoms with Crippen molar-refractivity contribution in [2.75, 3.05) is 5.73 Å². The largest absolute Gasteiger partial charge is 0.397 e. The van der Waals surface area contributed by atoms with Crippen molar-refractivity contribution in [3.8, 4) is 0 Å². The molecule has 2 aromatic rings. The molecule has 2 aromatic heterocycles. The van der Waals surface area contributed by atoms with Gasteiger partial charge in [-0.3, -0.25) is 9.78 Å². The maximum atomic E-state index is 12.7. The Morgan fingerprint density at radius 2 is 2.24 bits per heavy atom. The lowest BCUT2D eigenvalue weighted by atomic mass is 10.2. The van der Waals surface area contributed by atoms with Gasteiger partial charge < -0.3 is 10.6 Å². The van der Waals surface area contributed by atoms with Gasteiger partial charge in [0.1, 0.15) is 5.15 Å². The summed E-state index contributed by atoms with van der Waals surface area (Å²) in [5.41, 5.74) is 7.48. The van der Waals surface area contributed by atoms with Gasteiger partial charge in [-0.15, -0.1) is 0 Å². The van der Waals surface area contributed by atoms with E-state index in [0.29, 0.717) is 17.8 Å². The van der Waals surface area contributed by atoms with Gasteiger partial charge in [0, 0.05) is 25.0 Å². The summed E-state index contributed by atoms with van der Waals surface area (Å²) in [6, 6.07) is 5.65. The standard InChI is InChI=1S/C15H15ClN4O/c16-14-13(6-11(17)8-19-14)15(21)20(12-3-4-12)9-10-2-1-5-18-7-10/h1-2,5-8,12H,3-4,9,17H2. The smallest absolute Gasteiger partial charge is 0.257 e. The molecule has 0 unspecified atom stereocenters. The average Bonchev–Trinajstić information content (AvgIpc) is 3.32.